The minimum absolute atomic E-state index is 0. The van der Waals surface area contributed by atoms with Crippen molar-refractivity contribution >= 4 is 39.7 Å². The van der Waals surface area contributed by atoms with Crippen molar-refractivity contribution < 1.29 is 9.18 Å². The molecule has 2 N–H and O–H groups in total. The summed E-state index contributed by atoms with van der Waals surface area (Å²) in [5, 5.41) is 0.761. The fourth-order valence-electron chi connectivity index (χ4n) is 1.65. The van der Waals surface area contributed by atoms with E-state index in [0.717, 1.165) is 10.1 Å². The van der Waals surface area contributed by atoms with Gasteiger partial charge in [-0.2, -0.15) is 0 Å². The van der Waals surface area contributed by atoms with Gasteiger partial charge in [0.1, 0.15) is 5.82 Å². The van der Waals surface area contributed by atoms with Crippen LogP contribution >= 0.6 is 23.7 Å². The molecule has 6 heteroatoms. The number of rotatable bonds is 3. The summed E-state index contributed by atoms with van der Waals surface area (Å²) in [6.45, 7) is 2.31. The Morgan fingerprint density at radius 1 is 1.47 bits per heavy atom. The molecule has 0 bridgehead atoms. The Morgan fingerprint density at radius 3 is 2.79 bits per heavy atom. The third-order valence-electron chi connectivity index (χ3n) is 3.01. The molecular formula is C13H16ClFN2OS. The maximum absolute atomic E-state index is 13.1. The highest BCUT2D eigenvalue weighted by Crippen LogP contribution is 2.27. The molecule has 0 aliphatic rings. The van der Waals surface area contributed by atoms with E-state index in [1.807, 2.05) is 6.92 Å². The van der Waals surface area contributed by atoms with Crippen molar-refractivity contribution in [3.63, 3.8) is 0 Å². The number of likely N-dealkylation sites (N-methyl/N-ethyl adjacent to an activating group) is 1. The number of thiophene rings is 1. The summed E-state index contributed by atoms with van der Waals surface area (Å²) >= 11 is 1.37. The molecule has 2 aromatic rings. The minimum atomic E-state index is -0.289. The predicted molar refractivity (Wildman–Crippen MR) is 79.6 cm³/mol. The molecule has 0 aliphatic heterocycles. The summed E-state index contributed by atoms with van der Waals surface area (Å²) in [6, 6.07) is 6.25. The van der Waals surface area contributed by atoms with E-state index in [-0.39, 0.29) is 30.2 Å². The van der Waals surface area contributed by atoms with Gasteiger partial charge in [0, 0.05) is 24.3 Å². The first-order chi connectivity index (χ1) is 8.52. The first-order valence-corrected chi connectivity index (χ1v) is 6.51. The number of halogens is 2. The molecule has 0 fully saturated rings. The molecule has 1 unspecified atom stereocenters. The monoisotopic (exact) mass is 302 g/mol. The largest absolute Gasteiger partial charge is 0.337 e. The predicted octanol–water partition coefficient (Wildman–Crippen LogP) is 2.88. The summed E-state index contributed by atoms with van der Waals surface area (Å²) < 4.78 is 14.0. The minimum Gasteiger partial charge on any atom is -0.337 e. The Morgan fingerprint density at radius 2 is 2.16 bits per heavy atom. The smallest absolute Gasteiger partial charge is 0.263 e. The van der Waals surface area contributed by atoms with Gasteiger partial charge in [-0.15, -0.1) is 23.7 Å². The number of carbonyl (C=O) groups is 1. The SMILES string of the molecule is CC(CN)N(C)C(=O)c1cc2cc(F)ccc2s1.Cl. The van der Waals surface area contributed by atoms with E-state index in [4.69, 9.17) is 5.73 Å². The van der Waals surface area contributed by atoms with Crippen LogP contribution in [-0.4, -0.2) is 30.4 Å². The van der Waals surface area contributed by atoms with Crippen LogP contribution in [0, 0.1) is 5.82 Å². The van der Waals surface area contributed by atoms with E-state index in [1.54, 1.807) is 24.1 Å². The van der Waals surface area contributed by atoms with Crippen LogP contribution in [0.3, 0.4) is 0 Å². The van der Waals surface area contributed by atoms with E-state index < -0.39 is 0 Å². The molecule has 2 rings (SSSR count). The molecule has 19 heavy (non-hydrogen) atoms. The van der Waals surface area contributed by atoms with Gasteiger partial charge in [-0.3, -0.25) is 4.79 Å². The summed E-state index contributed by atoms with van der Waals surface area (Å²) in [5.41, 5.74) is 5.54. The highest BCUT2D eigenvalue weighted by molar-refractivity contribution is 7.20. The van der Waals surface area contributed by atoms with E-state index >= 15 is 0 Å². The van der Waals surface area contributed by atoms with Crippen molar-refractivity contribution in [1.29, 1.82) is 0 Å². The average molecular weight is 303 g/mol. The second-order valence-electron chi connectivity index (χ2n) is 4.29. The second-order valence-corrected chi connectivity index (χ2v) is 5.38. The molecule has 1 aromatic carbocycles. The standard InChI is InChI=1S/C13H15FN2OS.ClH/c1-8(7-15)16(2)13(17)12-6-9-5-10(14)3-4-11(9)18-12;/h3-6,8H,7,15H2,1-2H3;1H. The van der Waals surface area contributed by atoms with Crippen molar-refractivity contribution in [2.75, 3.05) is 13.6 Å². The van der Waals surface area contributed by atoms with Crippen LogP contribution in [0.25, 0.3) is 10.1 Å². The number of hydrogen-bond acceptors (Lipinski definition) is 3. The van der Waals surface area contributed by atoms with Gasteiger partial charge in [-0.25, -0.2) is 4.39 Å². The van der Waals surface area contributed by atoms with E-state index in [1.165, 1.54) is 23.5 Å². The molecule has 0 aliphatic carbocycles. The fraction of sp³-hybridized carbons (Fsp3) is 0.308. The Kier molecular flexibility index (Phi) is 5.29. The third-order valence-corrected chi connectivity index (χ3v) is 4.12. The Hall–Kier alpha value is -1.17. The van der Waals surface area contributed by atoms with Crippen LogP contribution < -0.4 is 5.73 Å². The van der Waals surface area contributed by atoms with Crippen molar-refractivity contribution in [1.82, 2.24) is 4.90 Å². The Labute approximate surface area is 121 Å². The molecular weight excluding hydrogens is 287 g/mol. The number of benzene rings is 1. The van der Waals surface area contributed by atoms with Gasteiger partial charge in [0.25, 0.3) is 5.91 Å². The molecule has 1 heterocycles. The quantitative estimate of drug-likeness (QED) is 0.947. The lowest BCUT2D eigenvalue weighted by Crippen LogP contribution is -2.39. The summed E-state index contributed by atoms with van der Waals surface area (Å²) in [4.78, 5) is 14.4. The van der Waals surface area contributed by atoms with Gasteiger partial charge < -0.3 is 10.6 Å². The number of nitrogens with zero attached hydrogens (tertiary/aromatic N) is 1. The lowest BCUT2D eigenvalue weighted by Gasteiger charge is -2.22. The van der Waals surface area contributed by atoms with Crippen LogP contribution in [0.15, 0.2) is 24.3 Å². The second kappa shape index (κ2) is 6.32. The number of hydrogen-bond donors (Lipinski definition) is 1. The van der Waals surface area contributed by atoms with Gasteiger partial charge in [-0.05, 0) is 36.6 Å². The Bertz CT molecular complexity index is 587. The van der Waals surface area contributed by atoms with Gasteiger partial charge in [-0.1, -0.05) is 0 Å². The maximum Gasteiger partial charge on any atom is 0.263 e. The lowest BCUT2D eigenvalue weighted by atomic mass is 10.2. The van der Waals surface area contributed by atoms with Crippen LogP contribution in [0.1, 0.15) is 16.6 Å². The Balaban J connectivity index is 0.00000180. The zero-order chi connectivity index (χ0) is 13.3. The van der Waals surface area contributed by atoms with Crippen LogP contribution in [0.2, 0.25) is 0 Å². The average Bonchev–Trinajstić information content (AvgIpc) is 2.78. The number of amides is 1. The summed E-state index contributed by atoms with van der Waals surface area (Å²) in [6.07, 6.45) is 0. The fourth-order valence-corrected chi connectivity index (χ4v) is 2.68. The maximum atomic E-state index is 13.1. The van der Waals surface area contributed by atoms with Gasteiger partial charge in [0.05, 0.1) is 4.88 Å². The third kappa shape index (κ3) is 3.23. The van der Waals surface area contributed by atoms with E-state index in [9.17, 15) is 9.18 Å². The lowest BCUT2D eigenvalue weighted by molar-refractivity contribution is 0.0753. The molecule has 0 radical (unpaired) electrons. The topological polar surface area (TPSA) is 46.3 Å². The first kappa shape index (κ1) is 15.9. The van der Waals surface area contributed by atoms with E-state index in [2.05, 4.69) is 0 Å². The summed E-state index contributed by atoms with van der Waals surface area (Å²) in [5.74, 6) is -0.363. The number of fused-ring (bicyclic) bond motifs is 1. The molecule has 1 amide bonds. The first-order valence-electron chi connectivity index (χ1n) is 5.69. The van der Waals surface area contributed by atoms with E-state index in [0.29, 0.717) is 11.4 Å². The molecule has 0 saturated heterocycles. The van der Waals surface area contributed by atoms with Crippen LogP contribution in [-0.2, 0) is 0 Å². The highest BCUT2D eigenvalue weighted by Gasteiger charge is 2.18. The van der Waals surface area contributed by atoms with Crippen LogP contribution in [0.4, 0.5) is 4.39 Å². The van der Waals surface area contributed by atoms with Crippen molar-refractivity contribution in [3.8, 4) is 0 Å². The zero-order valence-corrected chi connectivity index (χ0v) is 12.4. The molecule has 104 valence electrons. The van der Waals surface area contributed by atoms with Gasteiger partial charge in [0.2, 0.25) is 0 Å². The molecule has 1 aromatic heterocycles. The van der Waals surface area contributed by atoms with Gasteiger partial charge in [0.15, 0.2) is 0 Å². The normalized spacial score (nSPS) is 12.0. The number of nitrogens with two attached hydrogens (primary N) is 1. The molecule has 3 nitrogen and oxygen atoms in total. The highest BCUT2D eigenvalue weighted by atomic mass is 35.5. The molecule has 1 atom stereocenters. The van der Waals surface area contributed by atoms with Crippen LogP contribution in [0.5, 0.6) is 0 Å². The molecule has 0 spiro atoms. The van der Waals surface area contributed by atoms with Crippen molar-refractivity contribution in [3.05, 3.63) is 35.0 Å². The molecule has 0 saturated carbocycles. The van der Waals surface area contributed by atoms with Gasteiger partial charge >= 0.3 is 0 Å². The number of carbonyl (C=O) groups excluding carboxylic acids is 1. The van der Waals surface area contributed by atoms with Crippen molar-refractivity contribution in [2.45, 2.75) is 13.0 Å². The van der Waals surface area contributed by atoms with Crippen molar-refractivity contribution in [2.24, 2.45) is 5.73 Å². The zero-order valence-electron chi connectivity index (χ0n) is 10.7. The summed E-state index contributed by atoms with van der Waals surface area (Å²) in [7, 11) is 1.73.